The smallest absolute Gasteiger partial charge is 0.233 e. The van der Waals surface area contributed by atoms with E-state index in [1.807, 2.05) is 0 Å². The molecule has 0 radical (unpaired) electrons. The molecule has 5 N–H and O–H groups in total. The molecular weight excluding hydrogens is 220 g/mol. The van der Waals surface area contributed by atoms with Crippen molar-refractivity contribution in [1.29, 1.82) is 0 Å². The number of nitrogens with zero attached hydrogens (tertiary/aromatic N) is 2. The summed E-state index contributed by atoms with van der Waals surface area (Å²) in [5.41, 5.74) is 12.3. The first-order chi connectivity index (χ1) is 8.19. The second kappa shape index (κ2) is 4.94. The zero-order valence-electron chi connectivity index (χ0n) is 9.21. The largest absolute Gasteiger partial charge is 0.508 e. The van der Waals surface area contributed by atoms with Crippen LogP contribution in [0.5, 0.6) is 5.75 Å². The van der Waals surface area contributed by atoms with Gasteiger partial charge in [0.1, 0.15) is 5.75 Å². The summed E-state index contributed by atoms with van der Waals surface area (Å²) in [6.07, 6.45) is 0.562. The fraction of sp³-hybridized carbons (Fsp3) is 0.273. The van der Waals surface area contributed by atoms with Gasteiger partial charge in [0.15, 0.2) is 0 Å². The lowest BCUT2D eigenvalue weighted by molar-refractivity contribution is 0.417. The van der Waals surface area contributed by atoms with Crippen molar-refractivity contribution >= 4 is 0 Å². The van der Waals surface area contributed by atoms with Crippen molar-refractivity contribution in [3.05, 3.63) is 41.6 Å². The normalized spacial score (nSPS) is 12.6. The first-order valence-electron chi connectivity index (χ1n) is 5.25. The molecule has 2 aromatic rings. The second-order valence-corrected chi connectivity index (χ2v) is 3.72. The van der Waals surface area contributed by atoms with E-state index in [9.17, 15) is 0 Å². The molecule has 6 nitrogen and oxygen atoms in total. The van der Waals surface area contributed by atoms with Gasteiger partial charge < -0.3 is 21.0 Å². The molecule has 1 unspecified atom stereocenters. The fourth-order valence-electron chi connectivity index (χ4n) is 1.47. The highest BCUT2D eigenvalue weighted by atomic mass is 16.4. The monoisotopic (exact) mass is 234 g/mol. The maximum Gasteiger partial charge on any atom is 0.233 e. The van der Waals surface area contributed by atoms with Crippen LogP contribution in [0.1, 0.15) is 23.4 Å². The molecule has 0 bridgehead atoms. The molecule has 90 valence electrons. The molecule has 1 aromatic carbocycles. The predicted octanol–water partition coefficient (Wildman–Crippen LogP) is 0.476. The first-order valence-corrected chi connectivity index (χ1v) is 5.25. The summed E-state index contributed by atoms with van der Waals surface area (Å²) >= 11 is 0. The summed E-state index contributed by atoms with van der Waals surface area (Å²) in [7, 11) is 0. The topological polar surface area (TPSA) is 111 Å². The summed E-state index contributed by atoms with van der Waals surface area (Å²) in [5.74, 6) is 0.977. The summed E-state index contributed by atoms with van der Waals surface area (Å²) in [4.78, 5) is 0. The number of hydrogen-bond donors (Lipinski definition) is 3. The van der Waals surface area contributed by atoms with Crippen LogP contribution >= 0.6 is 0 Å². The molecule has 0 spiro atoms. The Bertz CT molecular complexity index is 480. The maximum atomic E-state index is 9.16. The van der Waals surface area contributed by atoms with E-state index in [1.165, 1.54) is 0 Å². The van der Waals surface area contributed by atoms with E-state index in [0.29, 0.717) is 18.2 Å². The van der Waals surface area contributed by atoms with Gasteiger partial charge in [0, 0.05) is 0 Å². The van der Waals surface area contributed by atoms with Gasteiger partial charge in [0.25, 0.3) is 0 Å². The van der Waals surface area contributed by atoms with Gasteiger partial charge in [-0.25, -0.2) is 0 Å². The minimum Gasteiger partial charge on any atom is -0.508 e. The summed E-state index contributed by atoms with van der Waals surface area (Å²) < 4.78 is 5.27. The van der Waals surface area contributed by atoms with Gasteiger partial charge in [0.2, 0.25) is 11.8 Å². The number of aromatic nitrogens is 2. The Kier molecular flexibility index (Phi) is 3.36. The van der Waals surface area contributed by atoms with Crippen molar-refractivity contribution in [3.8, 4) is 5.75 Å². The summed E-state index contributed by atoms with van der Waals surface area (Å²) in [6, 6.07) is 6.46. The highest BCUT2D eigenvalue weighted by molar-refractivity contribution is 5.26. The van der Waals surface area contributed by atoms with Crippen LogP contribution in [0.15, 0.2) is 28.7 Å². The number of phenols is 1. The lowest BCUT2D eigenvalue weighted by Gasteiger charge is -2.06. The third-order valence-electron chi connectivity index (χ3n) is 2.37. The molecule has 0 aliphatic heterocycles. The van der Waals surface area contributed by atoms with Gasteiger partial charge in [-0.1, -0.05) is 12.1 Å². The predicted molar refractivity (Wildman–Crippen MR) is 60.9 cm³/mol. The Balaban J connectivity index is 2.05. The first kappa shape index (κ1) is 11.6. The molecule has 17 heavy (non-hydrogen) atoms. The van der Waals surface area contributed by atoms with Crippen LogP contribution in [0.4, 0.5) is 0 Å². The molecule has 0 saturated heterocycles. The van der Waals surface area contributed by atoms with Gasteiger partial charge in [-0.05, 0) is 24.1 Å². The van der Waals surface area contributed by atoms with Crippen LogP contribution in [0.3, 0.4) is 0 Å². The van der Waals surface area contributed by atoms with Crippen LogP contribution in [-0.2, 0) is 13.0 Å². The van der Waals surface area contributed by atoms with Gasteiger partial charge in [-0.2, -0.15) is 0 Å². The number of phenolic OH excluding ortho intramolecular Hbond substituents is 1. The van der Waals surface area contributed by atoms with Crippen molar-refractivity contribution in [2.45, 2.75) is 19.0 Å². The fourth-order valence-corrected chi connectivity index (χ4v) is 1.47. The molecule has 1 aromatic heterocycles. The molecule has 0 saturated carbocycles. The molecular formula is C11H14N4O2. The van der Waals surface area contributed by atoms with Crippen molar-refractivity contribution in [3.63, 3.8) is 0 Å². The van der Waals surface area contributed by atoms with Crippen molar-refractivity contribution in [1.82, 2.24) is 10.2 Å². The van der Waals surface area contributed by atoms with E-state index in [0.717, 1.165) is 5.56 Å². The van der Waals surface area contributed by atoms with Gasteiger partial charge in [-0.3, -0.25) is 0 Å². The minimum absolute atomic E-state index is 0.207. The molecule has 0 fully saturated rings. The van der Waals surface area contributed by atoms with E-state index in [4.69, 9.17) is 21.0 Å². The minimum atomic E-state index is -0.368. The SMILES string of the molecule is NCc1nnc(C(N)Cc2ccc(O)cc2)o1. The molecule has 0 aliphatic rings. The summed E-state index contributed by atoms with van der Waals surface area (Å²) in [5, 5.41) is 16.7. The van der Waals surface area contributed by atoms with E-state index in [2.05, 4.69) is 10.2 Å². The van der Waals surface area contributed by atoms with Crippen LogP contribution < -0.4 is 11.5 Å². The number of nitrogens with two attached hydrogens (primary N) is 2. The van der Waals surface area contributed by atoms with Gasteiger partial charge >= 0.3 is 0 Å². The Morgan fingerprint density at radius 2 is 1.94 bits per heavy atom. The lowest BCUT2D eigenvalue weighted by Crippen LogP contribution is -2.13. The lowest BCUT2D eigenvalue weighted by atomic mass is 10.1. The molecule has 1 atom stereocenters. The van der Waals surface area contributed by atoms with Crippen LogP contribution in [0.25, 0.3) is 0 Å². The molecule has 0 amide bonds. The van der Waals surface area contributed by atoms with Gasteiger partial charge in [0.05, 0.1) is 12.6 Å². The molecule has 1 heterocycles. The number of rotatable bonds is 4. The zero-order chi connectivity index (χ0) is 12.3. The standard InChI is InChI=1S/C11H14N4O2/c12-6-10-14-15-11(17-10)9(13)5-7-1-3-8(16)4-2-7/h1-4,9,16H,5-6,12-13H2. The Hall–Kier alpha value is -1.92. The van der Waals surface area contributed by atoms with E-state index in [-0.39, 0.29) is 18.3 Å². The van der Waals surface area contributed by atoms with Crippen molar-refractivity contribution < 1.29 is 9.52 Å². The zero-order valence-corrected chi connectivity index (χ0v) is 9.21. The maximum absolute atomic E-state index is 9.16. The van der Waals surface area contributed by atoms with Crippen molar-refractivity contribution in [2.24, 2.45) is 11.5 Å². The third kappa shape index (κ3) is 2.80. The Morgan fingerprint density at radius 1 is 1.24 bits per heavy atom. The number of aromatic hydroxyl groups is 1. The van der Waals surface area contributed by atoms with Crippen LogP contribution in [0, 0.1) is 0 Å². The van der Waals surface area contributed by atoms with Gasteiger partial charge in [-0.15, -0.1) is 10.2 Å². The van der Waals surface area contributed by atoms with E-state index < -0.39 is 0 Å². The van der Waals surface area contributed by atoms with Crippen LogP contribution in [-0.4, -0.2) is 15.3 Å². The highest BCUT2D eigenvalue weighted by Crippen LogP contribution is 2.17. The van der Waals surface area contributed by atoms with E-state index >= 15 is 0 Å². The summed E-state index contributed by atoms with van der Waals surface area (Å²) in [6.45, 7) is 0.207. The second-order valence-electron chi connectivity index (χ2n) is 3.72. The highest BCUT2D eigenvalue weighted by Gasteiger charge is 2.14. The van der Waals surface area contributed by atoms with Crippen molar-refractivity contribution in [2.75, 3.05) is 0 Å². The molecule has 0 aliphatic carbocycles. The quantitative estimate of drug-likeness (QED) is 0.709. The number of benzene rings is 1. The van der Waals surface area contributed by atoms with E-state index in [1.54, 1.807) is 24.3 Å². The Labute approximate surface area is 98.3 Å². The third-order valence-corrected chi connectivity index (χ3v) is 2.37. The molecule has 2 rings (SSSR count). The number of hydrogen-bond acceptors (Lipinski definition) is 6. The van der Waals surface area contributed by atoms with Crippen LogP contribution in [0.2, 0.25) is 0 Å². The Morgan fingerprint density at radius 3 is 2.53 bits per heavy atom. The average molecular weight is 234 g/mol. The molecule has 6 heteroatoms. The average Bonchev–Trinajstić information content (AvgIpc) is 2.81.